The Bertz CT molecular complexity index is 668. The number of nitrogens with one attached hydrogen (secondary N) is 1. The highest BCUT2D eigenvalue weighted by molar-refractivity contribution is 6.04. The lowest BCUT2D eigenvalue weighted by Gasteiger charge is -2.10. The number of ether oxygens (including phenoxy) is 2. The predicted molar refractivity (Wildman–Crippen MR) is 84.3 cm³/mol. The summed E-state index contributed by atoms with van der Waals surface area (Å²) in [6.45, 7) is 1.72. The van der Waals surface area contributed by atoms with Gasteiger partial charge in [0.1, 0.15) is 0 Å². The van der Waals surface area contributed by atoms with Crippen molar-refractivity contribution in [2.75, 3.05) is 18.5 Å². The molecule has 0 radical (unpaired) electrons. The van der Waals surface area contributed by atoms with Crippen molar-refractivity contribution in [1.82, 2.24) is 0 Å². The zero-order valence-corrected chi connectivity index (χ0v) is 12.2. The molecule has 0 fully saturated rings. The smallest absolute Gasteiger partial charge is 0.255 e. The van der Waals surface area contributed by atoms with Gasteiger partial charge in [-0.05, 0) is 29.8 Å². The fourth-order valence-electron chi connectivity index (χ4n) is 2.24. The molecule has 1 heterocycles. The second-order valence-corrected chi connectivity index (χ2v) is 5.07. The van der Waals surface area contributed by atoms with Crippen molar-refractivity contribution >= 4 is 11.6 Å². The third-order valence-electron chi connectivity index (χ3n) is 3.46. The molecule has 0 atom stereocenters. The molecule has 5 nitrogen and oxygen atoms in total. The first-order chi connectivity index (χ1) is 10.8. The first kappa shape index (κ1) is 14.4. The molecule has 0 spiro atoms. The topological polar surface area (TPSA) is 73.6 Å². The van der Waals surface area contributed by atoms with E-state index in [1.165, 1.54) is 0 Å². The van der Waals surface area contributed by atoms with Gasteiger partial charge < -0.3 is 20.5 Å². The molecule has 1 amide bonds. The minimum atomic E-state index is -0.168. The number of nitrogens with two attached hydrogens (primary N) is 1. The lowest BCUT2D eigenvalue weighted by atomic mass is 10.1. The minimum absolute atomic E-state index is 0.168. The standard InChI is InChI=1S/C17H18N2O3/c18-11-12-2-4-13(5-3-12)17(20)19-14-6-7-15-16(10-14)22-9-1-8-21-15/h2-7,10H,1,8-9,11,18H2,(H,19,20). The highest BCUT2D eigenvalue weighted by Gasteiger charge is 2.12. The van der Waals surface area contributed by atoms with Crippen LogP contribution in [0.3, 0.4) is 0 Å². The van der Waals surface area contributed by atoms with Crippen LogP contribution in [0.1, 0.15) is 22.3 Å². The maximum atomic E-state index is 12.2. The largest absolute Gasteiger partial charge is 0.490 e. The first-order valence-corrected chi connectivity index (χ1v) is 7.26. The molecule has 114 valence electrons. The van der Waals surface area contributed by atoms with E-state index in [9.17, 15) is 4.79 Å². The molecule has 0 aromatic heterocycles. The fraction of sp³-hybridized carbons (Fsp3) is 0.235. The molecule has 0 saturated carbocycles. The third-order valence-corrected chi connectivity index (χ3v) is 3.46. The molecule has 1 aliphatic heterocycles. The Morgan fingerprint density at radius 2 is 1.77 bits per heavy atom. The normalized spacial score (nSPS) is 13.3. The van der Waals surface area contributed by atoms with E-state index in [4.69, 9.17) is 15.2 Å². The minimum Gasteiger partial charge on any atom is -0.490 e. The van der Waals surface area contributed by atoms with E-state index in [1.54, 1.807) is 24.3 Å². The molecule has 2 aromatic rings. The zero-order valence-electron chi connectivity index (χ0n) is 12.2. The summed E-state index contributed by atoms with van der Waals surface area (Å²) < 4.78 is 11.2. The van der Waals surface area contributed by atoms with Crippen molar-refractivity contribution in [3.8, 4) is 11.5 Å². The molecule has 3 N–H and O–H groups in total. The molecule has 1 aliphatic rings. The van der Waals surface area contributed by atoms with Crippen LogP contribution >= 0.6 is 0 Å². The molecule has 5 heteroatoms. The van der Waals surface area contributed by atoms with Gasteiger partial charge in [0.25, 0.3) is 5.91 Å². The molecule has 0 aliphatic carbocycles. The highest BCUT2D eigenvalue weighted by atomic mass is 16.5. The van der Waals surface area contributed by atoms with Gasteiger partial charge in [0.2, 0.25) is 0 Å². The van der Waals surface area contributed by atoms with Crippen LogP contribution in [-0.4, -0.2) is 19.1 Å². The van der Waals surface area contributed by atoms with Crippen LogP contribution in [0.2, 0.25) is 0 Å². The zero-order chi connectivity index (χ0) is 15.4. The summed E-state index contributed by atoms with van der Waals surface area (Å²) >= 11 is 0. The summed E-state index contributed by atoms with van der Waals surface area (Å²) in [5.41, 5.74) is 7.81. The third kappa shape index (κ3) is 3.20. The van der Waals surface area contributed by atoms with E-state index in [0.29, 0.717) is 42.5 Å². The van der Waals surface area contributed by atoms with Gasteiger partial charge in [-0.25, -0.2) is 0 Å². The van der Waals surface area contributed by atoms with E-state index in [-0.39, 0.29) is 5.91 Å². The van der Waals surface area contributed by atoms with E-state index in [1.807, 2.05) is 18.2 Å². The van der Waals surface area contributed by atoms with E-state index in [0.717, 1.165) is 12.0 Å². The molecular formula is C17H18N2O3. The Morgan fingerprint density at radius 3 is 2.50 bits per heavy atom. The summed E-state index contributed by atoms with van der Waals surface area (Å²) in [5, 5.41) is 2.86. The Labute approximate surface area is 129 Å². The van der Waals surface area contributed by atoms with Crippen LogP contribution in [0.15, 0.2) is 42.5 Å². The molecule has 3 rings (SSSR count). The van der Waals surface area contributed by atoms with Crippen molar-refractivity contribution in [2.24, 2.45) is 5.73 Å². The first-order valence-electron chi connectivity index (χ1n) is 7.26. The number of hydrogen-bond donors (Lipinski definition) is 2. The number of anilines is 1. The Kier molecular flexibility index (Phi) is 4.25. The lowest BCUT2D eigenvalue weighted by molar-refractivity contribution is 0.102. The van der Waals surface area contributed by atoms with Crippen molar-refractivity contribution in [1.29, 1.82) is 0 Å². The van der Waals surface area contributed by atoms with E-state index in [2.05, 4.69) is 5.32 Å². The number of rotatable bonds is 3. The molecule has 2 aromatic carbocycles. The number of carbonyl (C=O) groups is 1. The molecule has 0 bridgehead atoms. The average molecular weight is 298 g/mol. The Hall–Kier alpha value is -2.53. The van der Waals surface area contributed by atoms with Gasteiger partial charge in [-0.3, -0.25) is 4.79 Å². The van der Waals surface area contributed by atoms with Gasteiger partial charge in [-0.1, -0.05) is 12.1 Å². The Balaban J connectivity index is 1.74. The summed E-state index contributed by atoms with van der Waals surface area (Å²) in [7, 11) is 0. The monoisotopic (exact) mass is 298 g/mol. The van der Waals surface area contributed by atoms with Gasteiger partial charge in [-0.2, -0.15) is 0 Å². The summed E-state index contributed by atoms with van der Waals surface area (Å²) in [5.74, 6) is 1.20. The van der Waals surface area contributed by atoms with Crippen molar-refractivity contribution in [3.63, 3.8) is 0 Å². The van der Waals surface area contributed by atoms with Crippen LogP contribution in [0.5, 0.6) is 11.5 Å². The van der Waals surface area contributed by atoms with E-state index >= 15 is 0 Å². The van der Waals surface area contributed by atoms with Gasteiger partial charge >= 0.3 is 0 Å². The number of hydrogen-bond acceptors (Lipinski definition) is 4. The van der Waals surface area contributed by atoms with Gasteiger partial charge in [0.15, 0.2) is 11.5 Å². The quantitative estimate of drug-likeness (QED) is 0.913. The number of fused-ring (bicyclic) bond motifs is 1. The lowest BCUT2D eigenvalue weighted by Crippen LogP contribution is -2.12. The van der Waals surface area contributed by atoms with Crippen LogP contribution in [-0.2, 0) is 6.54 Å². The number of carbonyl (C=O) groups excluding carboxylic acids is 1. The number of amides is 1. The molecule has 0 unspecified atom stereocenters. The summed E-state index contributed by atoms with van der Waals surface area (Å²) in [6.07, 6.45) is 0.851. The van der Waals surface area contributed by atoms with Crippen molar-refractivity contribution in [3.05, 3.63) is 53.6 Å². The van der Waals surface area contributed by atoms with Gasteiger partial charge in [0, 0.05) is 30.3 Å². The molecule has 22 heavy (non-hydrogen) atoms. The number of benzene rings is 2. The van der Waals surface area contributed by atoms with Crippen LogP contribution < -0.4 is 20.5 Å². The van der Waals surface area contributed by atoms with E-state index < -0.39 is 0 Å². The Morgan fingerprint density at radius 1 is 1.05 bits per heavy atom. The van der Waals surface area contributed by atoms with Crippen LogP contribution in [0.4, 0.5) is 5.69 Å². The van der Waals surface area contributed by atoms with Crippen molar-refractivity contribution < 1.29 is 14.3 Å². The molecule has 0 saturated heterocycles. The SMILES string of the molecule is NCc1ccc(C(=O)Nc2ccc3c(c2)OCCCO3)cc1. The van der Waals surface area contributed by atoms with Crippen LogP contribution in [0, 0.1) is 0 Å². The molecular weight excluding hydrogens is 280 g/mol. The van der Waals surface area contributed by atoms with Crippen molar-refractivity contribution in [2.45, 2.75) is 13.0 Å². The second-order valence-electron chi connectivity index (χ2n) is 5.07. The summed E-state index contributed by atoms with van der Waals surface area (Å²) in [6, 6.07) is 12.6. The second kappa shape index (κ2) is 6.49. The predicted octanol–water partition coefficient (Wildman–Crippen LogP) is 2.56. The maximum absolute atomic E-state index is 12.2. The van der Waals surface area contributed by atoms with Crippen LogP contribution in [0.25, 0.3) is 0 Å². The summed E-state index contributed by atoms with van der Waals surface area (Å²) in [4.78, 5) is 12.2. The fourth-order valence-corrected chi connectivity index (χ4v) is 2.24. The average Bonchev–Trinajstić information content (AvgIpc) is 2.79. The highest BCUT2D eigenvalue weighted by Crippen LogP contribution is 2.32. The maximum Gasteiger partial charge on any atom is 0.255 e. The van der Waals surface area contributed by atoms with Gasteiger partial charge in [-0.15, -0.1) is 0 Å². The van der Waals surface area contributed by atoms with Gasteiger partial charge in [0.05, 0.1) is 13.2 Å².